The number of anilines is 1. The third-order valence-corrected chi connectivity index (χ3v) is 6.28. The van der Waals surface area contributed by atoms with Crippen LogP contribution in [0.3, 0.4) is 0 Å². The number of likely N-dealkylation sites (tertiary alicyclic amines) is 1. The molecule has 0 saturated carbocycles. The first-order valence-electron chi connectivity index (χ1n) is 10.2. The molecule has 0 aliphatic carbocycles. The number of fused-ring (bicyclic) bond motifs is 1. The smallest absolute Gasteiger partial charge is 0.277 e. The molecule has 1 amide bonds. The average molecular weight is 441 g/mol. The number of carbonyl (C=O) groups excluding carboxylic acids is 1. The first kappa shape index (κ1) is 21.4. The Balaban J connectivity index is 0.00000231. The molecule has 0 atom stereocenters. The van der Waals surface area contributed by atoms with Gasteiger partial charge in [0.05, 0.1) is 11.1 Å². The minimum absolute atomic E-state index is 0. The molecule has 1 aromatic carbocycles. The predicted octanol–water partition coefficient (Wildman–Crippen LogP) is 2.67. The maximum Gasteiger partial charge on any atom is 0.277 e. The molecule has 2 saturated heterocycles. The van der Waals surface area contributed by atoms with Crippen LogP contribution in [-0.2, 0) is 6.54 Å². The van der Waals surface area contributed by atoms with E-state index in [2.05, 4.69) is 43.0 Å². The Bertz CT molecular complexity index is 1060. The third-order valence-electron chi connectivity index (χ3n) is 6.28. The van der Waals surface area contributed by atoms with Crippen LogP contribution in [-0.4, -0.2) is 57.1 Å². The second-order valence-electron chi connectivity index (χ2n) is 8.38. The number of piperidine rings is 1. The van der Waals surface area contributed by atoms with E-state index in [9.17, 15) is 4.79 Å². The summed E-state index contributed by atoms with van der Waals surface area (Å²) in [6.07, 6.45) is 7.11. The summed E-state index contributed by atoms with van der Waals surface area (Å²) in [5, 5.41) is 9.88. The van der Waals surface area contributed by atoms with Crippen molar-refractivity contribution in [2.75, 3.05) is 31.1 Å². The number of amides is 1. The van der Waals surface area contributed by atoms with Gasteiger partial charge in [0, 0.05) is 56.7 Å². The Morgan fingerprint density at radius 3 is 2.48 bits per heavy atom. The summed E-state index contributed by atoms with van der Waals surface area (Å²) >= 11 is 0. The number of nitrogens with one attached hydrogen (secondary N) is 1. The van der Waals surface area contributed by atoms with Gasteiger partial charge < -0.3 is 4.90 Å². The van der Waals surface area contributed by atoms with Crippen molar-refractivity contribution in [1.82, 2.24) is 25.3 Å². The van der Waals surface area contributed by atoms with Crippen molar-refractivity contribution in [3.63, 3.8) is 0 Å². The number of halogens is 1. The summed E-state index contributed by atoms with van der Waals surface area (Å²) < 4.78 is 0. The van der Waals surface area contributed by atoms with Crippen LogP contribution in [0.1, 0.15) is 28.8 Å². The fourth-order valence-corrected chi connectivity index (χ4v) is 4.64. The van der Waals surface area contributed by atoms with Gasteiger partial charge in [0.2, 0.25) is 5.95 Å². The Kier molecular flexibility index (Phi) is 6.04. The monoisotopic (exact) mass is 440 g/mol. The Hall–Kier alpha value is -2.81. The Morgan fingerprint density at radius 1 is 1.06 bits per heavy atom. The van der Waals surface area contributed by atoms with E-state index in [0.717, 1.165) is 51.1 Å². The first-order chi connectivity index (χ1) is 14.6. The lowest BCUT2D eigenvalue weighted by Gasteiger charge is -2.54. The summed E-state index contributed by atoms with van der Waals surface area (Å²) in [6, 6.07) is 10.5. The second kappa shape index (κ2) is 8.74. The molecule has 31 heavy (non-hydrogen) atoms. The number of hydroxylamine groups is 1. The maximum absolute atomic E-state index is 11.4. The van der Waals surface area contributed by atoms with Gasteiger partial charge in [-0.15, -0.1) is 12.4 Å². The van der Waals surface area contributed by atoms with Crippen LogP contribution < -0.4 is 10.4 Å². The molecule has 2 aliphatic heterocycles. The van der Waals surface area contributed by atoms with Gasteiger partial charge >= 0.3 is 0 Å². The normalized spacial score (nSPS) is 17.8. The van der Waals surface area contributed by atoms with E-state index in [-0.39, 0.29) is 18.0 Å². The van der Waals surface area contributed by atoms with E-state index < -0.39 is 5.91 Å². The van der Waals surface area contributed by atoms with Crippen LogP contribution in [0, 0.1) is 5.41 Å². The van der Waals surface area contributed by atoms with Crippen molar-refractivity contribution in [2.24, 2.45) is 5.41 Å². The molecule has 2 fully saturated rings. The van der Waals surface area contributed by atoms with Gasteiger partial charge in [-0.2, -0.15) is 0 Å². The van der Waals surface area contributed by atoms with Gasteiger partial charge in [0.15, 0.2) is 0 Å². The van der Waals surface area contributed by atoms with E-state index in [4.69, 9.17) is 5.21 Å². The van der Waals surface area contributed by atoms with Gasteiger partial charge in [-0.05, 0) is 36.0 Å². The van der Waals surface area contributed by atoms with Crippen molar-refractivity contribution >= 4 is 35.2 Å². The molecule has 2 aliphatic rings. The summed E-state index contributed by atoms with van der Waals surface area (Å²) in [7, 11) is 0. The third kappa shape index (κ3) is 4.32. The SMILES string of the molecule is Cl.O=C(NO)c1cnc(N2CCC3(CC2)CN(Cc2cnc4ccccc4c2)C3)nc1. The Labute approximate surface area is 186 Å². The summed E-state index contributed by atoms with van der Waals surface area (Å²) in [6.45, 7) is 5.00. The highest BCUT2D eigenvalue weighted by Gasteiger charge is 2.44. The van der Waals surface area contributed by atoms with Crippen LogP contribution in [0.15, 0.2) is 48.9 Å². The summed E-state index contributed by atoms with van der Waals surface area (Å²) in [5.74, 6) is 0.0353. The van der Waals surface area contributed by atoms with E-state index in [1.807, 2.05) is 18.3 Å². The molecule has 2 aromatic heterocycles. The molecule has 0 radical (unpaired) electrons. The van der Waals surface area contributed by atoms with Gasteiger partial charge in [0.1, 0.15) is 0 Å². The predicted molar refractivity (Wildman–Crippen MR) is 119 cm³/mol. The molecule has 9 heteroatoms. The fraction of sp³-hybridized carbons (Fsp3) is 0.364. The highest BCUT2D eigenvalue weighted by atomic mass is 35.5. The number of para-hydroxylation sites is 1. The second-order valence-corrected chi connectivity index (χ2v) is 8.38. The van der Waals surface area contributed by atoms with Crippen LogP contribution >= 0.6 is 12.4 Å². The fourth-order valence-electron chi connectivity index (χ4n) is 4.64. The van der Waals surface area contributed by atoms with Gasteiger partial charge in [-0.25, -0.2) is 15.4 Å². The number of hydrogen-bond acceptors (Lipinski definition) is 7. The molecule has 8 nitrogen and oxygen atoms in total. The van der Waals surface area contributed by atoms with Gasteiger partial charge in [0.25, 0.3) is 5.91 Å². The number of aromatic nitrogens is 3. The summed E-state index contributed by atoms with van der Waals surface area (Å²) in [5.41, 5.74) is 4.53. The zero-order valence-electron chi connectivity index (χ0n) is 17.1. The van der Waals surface area contributed by atoms with Crippen molar-refractivity contribution in [2.45, 2.75) is 19.4 Å². The molecule has 2 N–H and O–H groups in total. The van der Waals surface area contributed by atoms with Gasteiger partial charge in [-0.1, -0.05) is 18.2 Å². The van der Waals surface area contributed by atoms with Gasteiger partial charge in [-0.3, -0.25) is 19.9 Å². The lowest BCUT2D eigenvalue weighted by molar-refractivity contribution is -0.0242. The number of hydrogen-bond donors (Lipinski definition) is 2. The largest absolute Gasteiger partial charge is 0.341 e. The average Bonchev–Trinajstić information content (AvgIpc) is 2.78. The van der Waals surface area contributed by atoms with E-state index in [0.29, 0.717) is 11.4 Å². The molecule has 1 spiro atoms. The number of pyridine rings is 1. The Morgan fingerprint density at radius 2 is 1.77 bits per heavy atom. The van der Waals surface area contributed by atoms with Crippen molar-refractivity contribution in [3.8, 4) is 0 Å². The van der Waals surface area contributed by atoms with Crippen LogP contribution in [0.5, 0.6) is 0 Å². The molecule has 162 valence electrons. The van der Waals surface area contributed by atoms with Crippen molar-refractivity contribution < 1.29 is 10.0 Å². The number of carbonyl (C=O) groups is 1. The molecule has 3 aromatic rings. The molecule has 0 unspecified atom stereocenters. The molecule has 5 rings (SSSR count). The van der Waals surface area contributed by atoms with E-state index in [1.165, 1.54) is 23.3 Å². The zero-order valence-corrected chi connectivity index (χ0v) is 17.9. The van der Waals surface area contributed by atoms with Crippen molar-refractivity contribution in [1.29, 1.82) is 0 Å². The minimum Gasteiger partial charge on any atom is -0.341 e. The van der Waals surface area contributed by atoms with Crippen LogP contribution in [0.25, 0.3) is 10.9 Å². The minimum atomic E-state index is -0.602. The molecular formula is C22H25ClN6O2. The van der Waals surface area contributed by atoms with E-state index >= 15 is 0 Å². The van der Waals surface area contributed by atoms with Crippen LogP contribution in [0.4, 0.5) is 5.95 Å². The molecular weight excluding hydrogens is 416 g/mol. The topological polar surface area (TPSA) is 94.5 Å². The zero-order chi connectivity index (χ0) is 20.6. The quantitative estimate of drug-likeness (QED) is 0.475. The number of nitrogens with zero attached hydrogens (tertiary/aromatic N) is 5. The highest BCUT2D eigenvalue weighted by Crippen LogP contribution is 2.41. The number of rotatable bonds is 4. The number of benzene rings is 1. The maximum atomic E-state index is 11.4. The van der Waals surface area contributed by atoms with E-state index in [1.54, 1.807) is 5.48 Å². The van der Waals surface area contributed by atoms with Crippen molar-refractivity contribution in [3.05, 3.63) is 60.0 Å². The standard InChI is InChI=1S/C22H24N6O2.ClH/c29-20(26-30)18-11-24-21(25-12-18)28-7-5-22(6-8-28)14-27(15-22)13-16-9-17-3-1-2-4-19(17)23-10-16;/h1-4,9-12,30H,5-8,13-15H2,(H,26,29);1H. The first-order valence-corrected chi connectivity index (χ1v) is 10.2. The highest BCUT2D eigenvalue weighted by molar-refractivity contribution is 5.92. The lowest BCUT2D eigenvalue weighted by Crippen LogP contribution is -2.59. The molecule has 0 bridgehead atoms. The molecule has 4 heterocycles. The summed E-state index contributed by atoms with van der Waals surface area (Å²) in [4.78, 5) is 29.2. The lowest BCUT2D eigenvalue weighted by atomic mass is 9.72. The van der Waals surface area contributed by atoms with Crippen LogP contribution in [0.2, 0.25) is 0 Å².